The smallest absolute Gasteiger partial charge is 0.124 e. The molecule has 0 atom stereocenters. The maximum absolute atomic E-state index is 4.76. The largest absolute Gasteiger partial charge is 0.315 e. The standard InChI is InChI=1S/C14H15BrN2S/c1-8-3-4-11(15)5-12(8)14-17-9(2)13(18-14)10-6-16-7-10/h3-5,10,16H,6-7H2,1-2H3. The second-order valence-corrected chi connectivity index (χ2v) is 6.73. The van der Waals surface area contributed by atoms with Gasteiger partial charge in [0, 0.05) is 33.9 Å². The van der Waals surface area contributed by atoms with E-state index in [4.69, 9.17) is 4.98 Å². The first-order valence-electron chi connectivity index (χ1n) is 6.09. The van der Waals surface area contributed by atoms with Crippen LogP contribution in [0, 0.1) is 13.8 Å². The van der Waals surface area contributed by atoms with Gasteiger partial charge in [-0.25, -0.2) is 4.98 Å². The van der Waals surface area contributed by atoms with Gasteiger partial charge in [-0.05, 0) is 31.5 Å². The Kier molecular flexibility index (Phi) is 3.26. The molecular formula is C14H15BrN2S. The molecule has 2 nitrogen and oxygen atoms in total. The Morgan fingerprint density at radius 2 is 2.11 bits per heavy atom. The fourth-order valence-electron chi connectivity index (χ4n) is 2.20. The van der Waals surface area contributed by atoms with Crippen molar-refractivity contribution in [2.24, 2.45) is 0 Å². The molecule has 94 valence electrons. The summed E-state index contributed by atoms with van der Waals surface area (Å²) in [7, 11) is 0. The molecule has 1 fully saturated rings. The molecule has 0 spiro atoms. The van der Waals surface area contributed by atoms with Crippen molar-refractivity contribution in [2.45, 2.75) is 19.8 Å². The van der Waals surface area contributed by atoms with Crippen molar-refractivity contribution in [3.63, 3.8) is 0 Å². The molecule has 18 heavy (non-hydrogen) atoms. The predicted octanol–water partition coefficient (Wildman–Crippen LogP) is 3.88. The van der Waals surface area contributed by atoms with E-state index in [1.165, 1.54) is 21.7 Å². The van der Waals surface area contributed by atoms with E-state index in [1.54, 1.807) is 0 Å². The van der Waals surface area contributed by atoms with Gasteiger partial charge in [0.25, 0.3) is 0 Å². The Labute approximate surface area is 120 Å². The molecule has 3 rings (SSSR count). The van der Waals surface area contributed by atoms with Crippen molar-refractivity contribution in [3.05, 3.63) is 38.8 Å². The normalized spacial score (nSPS) is 15.7. The van der Waals surface area contributed by atoms with Crippen molar-refractivity contribution in [1.29, 1.82) is 0 Å². The molecule has 2 heterocycles. The van der Waals surface area contributed by atoms with Gasteiger partial charge in [0.1, 0.15) is 5.01 Å². The highest BCUT2D eigenvalue weighted by atomic mass is 79.9. The lowest BCUT2D eigenvalue weighted by molar-refractivity contribution is 0.452. The van der Waals surface area contributed by atoms with Gasteiger partial charge in [0.2, 0.25) is 0 Å². The molecule has 1 N–H and O–H groups in total. The number of aromatic nitrogens is 1. The summed E-state index contributed by atoms with van der Waals surface area (Å²) in [6.45, 7) is 6.46. The van der Waals surface area contributed by atoms with E-state index < -0.39 is 0 Å². The van der Waals surface area contributed by atoms with Gasteiger partial charge in [-0.2, -0.15) is 0 Å². The molecule has 0 unspecified atom stereocenters. The van der Waals surface area contributed by atoms with Crippen molar-refractivity contribution >= 4 is 27.3 Å². The van der Waals surface area contributed by atoms with Crippen LogP contribution in [0.1, 0.15) is 22.1 Å². The maximum atomic E-state index is 4.76. The topological polar surface area (TPSA) is 24.9 Å². The lowest BCUT2D eigenvalue weighted by atomic mass is 10.0. The lowest BCUT2D eigenvalue weighted by Gasteiger charge is -2.26. The zero-order valence-corrected chi connectivity index (χ0v) is 12.9. The van der Waals surface area contributed by atoms with Crippen LogP contribution >= 0.6 is 27.3 Å². The molecule has 1 saturated heterocycles. The molecule has 0 aliphatic carbocycles. The molecule has 2 aromatic rings. The van der Waals surface area contributed by atoms with E-state index >= 15 is 0 Å². The van der Waals surface area contributed by atoms with Crippen LogP contribution in [0.5, 0.6) is 0 Å². The van der Waals surface area contributed by atoms with Gasteiger partial charge in [0.05, 0.1) is 5.69 Å². The first-order chi connectivity index (χ1) is 8.65. The predicted molar refractivity (Wildman–Crippen MR) is 80.3 cm³/mol. The highest BCUT2D eigenvalue weighted by Crippen LogP contribution is 2.36. The molecule has 1 aliphatic heterocycles. The van der Waals surface area contributed by atoms with Crippen molar-refractivity contribution in [3.8, 4) is 10.6 Å². The van der Waals surface area contributed by atoms with E-state index in [1.807, 2.05) is 11.3 Å². The first-order valence-corrected chi connectivity index (χ1v) is 7.70. The van der Waals surface area contributed by atoms with Crippen LogP contribution in [0.4, 0.5) is 0 Å². The van der Waals surface area contributed by atoms with Gasteiger partial charge in [-0.3, -0.25) is 0 Å². The Hall–Kier alpha value is -0.710. The van der Waals surface area contributed by atoms with E-state index in [2.05, 4.69) is 53.3 Å². The maximum Gasteiger partial charge on any atom is 0.124 e. The summed E-state index contributed by atoms with van der Waals surface area (Å²) < 4.78 is 1.11. The summed E-state index contributed by atoms with van der Waals surface area (Å²) in [5.41, 5.74) is 3.72. The third-order valence-corrected chi connectivity index (χ3v) is 5.26. The minimum Gasteiger partial charge on any atom is -0.315 e. The zero-order chi connectivity index (χ0) is 12.7. The Morgan fingerprint density at radius 3 is 2.78 bits per heavy atom. The molecule has 1 aliphatic rings. The average molecular weight is 323 g/mol. The summed E-state index contributed by atoms with van der Waals surface area (Å²) >= 11 is 5.39. The molecule has 4 heteroatoms. The summed E-state index contributed by atoms with van der Waals surface area (Å²) in [5, 5.41) is 4.47. The molecule has 0 bridgehead atoms. The Morgan fingerprint density at radius 1 is 1.33 bits per heavy atom. The second kappa shape index (κ2) is 4.76. The number of hydrogen-bond donors (Lipinski definition) is 1. The first kappa shape index (κ1) is 12.3. The second-order valence-electron chi connectivity index (χ2n) is 4.78. The number of aryl methyl sites for hydroxylation is 2. The summed E-state index contributed by atoms with van der Waals surface area (Å²) in [5.74, 6) is 0.670. The van der Waals surface area contributed by atoms with Gasteiger partial charge in [0.15, 0.2) is 0 Å². The van der Waals surface area contributed by atoms with E-state index in [-0.39, 0.29) is 0 Å². The van der Waals surface area contributed by atoms with E-state index in [0.717, 1.165) is 22.6 Å². The van der Waals surface area contributed by atoms with E-state index in [9.17, 15) is 0 Å². The van der Waals surface area contributed by atoms with Gasteiger partial charge in [-0.15, -0.1) is 11.3 Å². The number of rotatable bonds is 2. The van der Waals surface area contributed by atoms with Crippen LogP contribution in [-0.2, 0) is 0 Å². The highest BCUT2D eigenvalue weighted by molar-refractivity contribution is 9.10. The molecule has 1 aromatic carbocycles. The van der Waals surface area contributed by atoms with Gasteiger partial charge < -0.3 is 5.32 Å². The molecule has 0 amide bonds. The third kappa shape index (κ3) is 2.13. The fourth-order valence-corrected chi connectivity index (χ4v) is 3.81. The van der Waals surface area contributed by atoms with Crippen molar-refractivity contribution in [1.82, 2.24) is 10.3 Å². The molecular weight excluding hydrogens is 308 g/mol. The fraction of sp³-hybridized carbons (Fsp3) is 0.357. The third-order valence-electron chi connectivity index (χ3n) is 3.41. The van der Waals surface area contributed by atoms with Crippen LogP contribution in [0.15, 0.2) is 22.7 Å². The highest BCUT2D eigenvalue weighted by Gasteiger charge is 2.24. The van der Waals surface area contributed by atoms with Crippen LogP contribution in [-0.4, -0.2) is 18.1 Å². The zero-order valence-electron chi connectivity index (χ0n) is 10.5. The average Bonchev–Trinajstić information content (AvgIpc) is 2.62. The lowest BCUT2D eigenvalue weighted by Crippen LogP contribution is -2.39. The van der Waals surface area contributed by atoms with Gasteiger partial charge in [-0.1, -0.05) is 22.0 Å². The van der Waals surface area contributed by atoms with Crippen LogP contribution in [0.25, 0.3) is 10.6 Å². The van der Waals surface area contributed by atoms with Gasteiger partial charge >= 0.3 is 0 Å². The number of nitrogens with one attached hydrogen (secondary N) is 1. The van der Waals surface area contributed by atoms with Crippen molar-refractivity contribution in [2.75, 3.05) is 13.1 Å². The summed E-state index contributed by atoms with van der Waals surface area (Å²) in [6, 6.07) is 6.38. The van der Waals surface area contributed by atoms with E-state index in [0.29, 0.717) is 5.92 Å². The number of thiazole rings is 1. The Balaban J connectivity index is 2.03. The van der Waals surface area contributed by atoms with Crippen LogP contribution in [0.3, 0.4) is 0 Å². The van der Waals surface area contributed by atoms with Crippen molar-refractivity contribution < 1.29 is 0 Å². The minimum atomic E-state index is 0.670. The number of benzene rings is 1. The van der Waals surface area contributed by atoms with Crippen LogP contribution in [0.2, 0.25) is 0 Å². The molecule has 0 saturated carbocycles. The quantitative estimate of drug-likeness (QED) is 0.907. The minimum absolute atomic E-state index is 0.670. The molecule has 0 radical (unpaired) electrons. The molecule has 1 aromatic heterocycles. The summed E-state index contributed by atoms with van der Waals surface area (Å²) in [4.78, 5) is 6.20. The number of nitrogens with zero attached hydrogens (tertiary/aromatic N) is 1. The number of halogens is 1. The van der Waals surface area contributed by atoms with Crippen LogP contribution < -0.4 is 5.32 Å². The number of hydrogen-bond acceptors (Lipinski definition) is 3. The SMILES string of the molecule is Cc1ccc(Br)cc1-c1nc(C)c(C2CNC2)s1. The summed E-state index contributed by atoms with van der Waals surface area (Å²) in [6.07, 6.45) is 0. The monoisotopic (exact) mass is 322 g/mol. The Bertz CT molecular complexity index is 587.